The Balaban J connectivity index is 3.65. The average molecular weight is 1350 g/mol. The molecule has 0 aliphatic heterocycles. The van der Waals surface area contributed by atoms with E-state index in [1.165, 1.54) is 6.92 Å². The Morgan fingerprint density at radius 3 is 0.839 bits per heavy atom. The van der Waals surface area contributed by atoms with Gasteiger partial charge in [-0.25, -0.2) is 9.59 Å². The zero-order valence-corrected chi connectivity index (χ0v) is 54.5. The predicted molar refractivity (Wildman–Crippen MR) is 330 cm³/mol. The molecule has 0 heterocycles. The number of nitrogens with one attached hydrogen (secondary N) is 6. The lowest BCUT2D eigenvalue weighted by molar-refractivity contribution is -0.143. The Bertz CT molecular complexity index is 1950. The van der Waals surface area contributed by atoms with E-state index in [2.05, 4.69) is 31.9 Å². The van der Waals surface area contributed by atoms with Crippen molar-refractivity contribution in [3.63, 3.8) is 0 Å². The van der Waals surface area contributed by atoms with Crippen LogP contribution in [-0.4, -0.2) is 298 Å². The molecule has 0 aromatic rings. The minimum Gasteiger partial charge on any atom is -0.481 e. The van der Waals surface area contributed by atoms with Crippen LogP contribution in [0.1, 0.15) is 103 Å². The van der Waals surface area contributed by atoms with Gasteiger partial charge in [0.1, 0.15) is 37.7 Å². The van der Waals surface area contributed by atoms with Crippen LogP contribution in [0.15, 0.2) is 0 Å². The smallest absolute Gasteiger partial charge is 0.326 e. The Kier molecular flexibility index (Phi) is 62.3. The molecule has 0 aliphatic rings. The van der Waals surface area contributed by atoms with Crippen molar-refractivity contribution < 1.29 is 130 Å². The lowest BCUT2D eigenvalue weighted by Gasteiger charge is -2.14. The van der Waals surface area contributed by atoms with E-state index in [-0.39, 0.29) is 167 Å². The van der Waals surface area contributed by atoms with Gasteiger partial charge in [0, 0.05) is 58.3 Å². The summed E-state index contributed by atoms with van der Waals surface area (Å²) in [5.41, 5.74) is 0. The lowest BCUT2D eigenvalue weighted by Crippen LogP contribution is -2.43. The van der Waals surface area contributed by atoms with Crippen LogP contribution in [0, 0.1) is 0 Å². The number of rotatable bonds is 72. The summed E-state index contributed by atoms with van der Waals surface area (Å²) in [4.78, 5) is 118. The van der Waals surface area contributed by atoms with Gasteiger partial charge in [-0.05, 0) is 32.6 Å². The third-order valence-corrected chi connectivity index (χ3v) is 12.4. The van der Waals surface area contributed by atoms with Gasteiger partial charge in [-0.3, -0.25) is 38.4 Å². The summed E-state index contributed by atoms with van der Waals surface area (Å²) in [5.74, 6) is -5.84. The quantitative estimate of drug-likeness (QED) is 0.0342. The maximum absolute atomic E-state index is 12.3. The first kappa shape index (κ1) is 87.3. The normalized spacial score (nSPS) is 11.8. The third-order valence-electron chi connectivity index (χ3n) is 12.4. The number of carbonyl (C=O) groups excluding carboxylic acids is 7. The first-order chi connectivity index (χ1) is 45.1. The summed E-state index contributed by atoms with van der Waals surface area (Å²) in [6.07, 6.45) is 7.21. The maximum Gasteiger partial charge on any atom is 0.326 e. The van der Waals surface area contributed by atoms with Crippen LogP contribution >= 0.6 is 0 Å². The molecule has 0 saturated heterocycles. The molecule has 0 aromatic carbocycles. The number of hydrogen-bond acceptors (Lipinski definition) is 24. The molecule has 0 radical (unpaired) electrons. The topological polar surface area (TPSA) is 433 Å². The molecule has 0 spiro atoms. The van der Waals surface area contributed by atoms with Crippen LogP contribution in [-0.2, 0) is 114 Å². The molecule has 0 fully saturated rings. The summed E-state index contributed by atoms with van der Waals surface area (Å²) in [6.45, 7) is 8.94. The number of carboxylic acid groups (broad SMARTS) is 3. The first-order valence-electron chi connectivity index (χ1n) is 32.0. The first-order valence-corrected chi connectivity index (χ1v) is 32.0. The molecule has 0 bridgehead atoms. The van der Waals surface area contributed by atoms with Crippen LogP contribution in [0.25, 0.3) is 0 Å². The molecule has 9 N–H and O–H groups in total. The number of unbranched alkanes of at least 4 members (excludes halogenated alkanes) is 7. The van der Waals surface area contributed by atoms with E-state index in [0.29, 0.717) is 118 Å². The fourth-order valence-electron chi connectivity index (χ4n) is 7.53. The van der Waals surface area contributed by atoms with E-state index in [0.717, 1.165) is 38.5 Å². The summed E-state index contributed by atoms with van der Waals surface area (Å²) in [6, 6.07) is -2.49. The molecule has 6 amide bonds. The van der Waals surface area contributed by atoms with E-state index in [4.69, 9.17) is 71.4 Å². The van der Waals surface area contributed by atoms with Crippen molar-refractivity contribution in [3.05, 3.63) is 0 Å². The Morgan fingerprint density at radius 2 is 0.527 bits per heavy atom. The number of carboxylic acids is 3. The number of ketones is 1. The Hall–Kier alpha value is -5.66. The predicted octanol–water partition coefficient (Wildman–Crippen LogP) is -0.653. The lowest BCUT2D eigenvalue weighted by atomic mass is 10.1. The molecular formula is C60H108N6O27. The average Bonchev–Trinajstić information content (AvgIpc) is 2.86. The summed E-state index contributed by atoms with van der Waals surface area (Å²) in [7, 11) is 0. The van der Waals surface area contributed by atoms with Crippen molar-refractivity contribution >= 4 is 59.1 Å². The number of carbonyl (C=O) groups is 10. The number of amides is 6. The number of ether oxygens (including phenoxy) is 14. The molecule has 2 atom stereocenters. The van der Waals surface area contributed by atoms with Crippen molar-refractivity contribution in [2.24, 2.45) is 0 Å². The second-order valence-electron chi connectivity index (χ2n) is 20.5. The van der Waals surface area contributed by atoms with Crippen LogP contribution in [0.2, 0.25) is 0 Å². The number of hydrogen-bond donors (Lipinski definition) is 9. The molecule has 93 heavy (non-hydrogen) atoms. The van der Waals surface area contributed by atoms with E-state index >= 15 is 0 Å². The van der Waals surface area contributed by atoms with Gasteiger partial charge in [0.25, 0.3) is 0 Å². The van der Waals surface area contributed by atoms with Gasteiger partial charge in [0.2, 0.25) is 35.4 Å². The molecule has 33 nitrogen and oxygen atoms in total. The van der Waals surface area contributed by atoms with Crippen molar-refractivity contribution in [1.29, 1.82) is 0 Å². The van der Waals surface area contributed by atoms with E-state index in [1.54, 1.807) is 0 Å². The summed E-state index contributed by atoms with van der Waals surface area (Å²) in [5, 5.41) is 43.0. The van der Waals surface area contributed by atoms with Gasteiger partial charge in [-0.2, -0.15) is 0 Å². The Morgan fingerprint density at radius 1 is 0.269 bits per heavy atom. The van der Waals surface area contributed by atoms with Gasteiger partial charge in [-0.1, -0.05) is 38.5 Å². The van der Waals surface area contributed by atoms with Gasteiger partial charge in [0.15, 0.2) is 0 Å². The van der Waals surface area contributed by atoms with Crippen molar-refractivity contribution in [3.8, 4) is 0 Å². The Labute approximate surface area is 545 Å². The molecular weight excluding hydrogens is 1240 g/mol. The van der Waals surface area contributed by atoms with Crippen molar-refractivity contribution in [2.45, 2.75) is 115 Å². The summed E-state index contributed by atoms with van der Waals surface area (Å²) >= 11 is 0. The standard InChI is InChI=1S/C60H108N6O27/c1-49(67)16-21-80-26-28-85-30-32-87-34-36-89-38-39-90-37-35-88-33-31-86-29-27-81-22-17-61-53(69)15-13-51(60(78)79)66-57(73)48-93-45-42-84-25-20-64-56(72)47-92-44-41-83-24-19-63-55(71)46-91-43-40-82-23-18-62-52(68)14-12-50(59(76)77)65-54(70)10-8-6-4-2-3-5-7-9-11-58(74)75/h50-51H,2-48H2,1H3,(H,61,69)(H,62,68)(H,63,71)(H,64,72)(H,65,70)(H,66,73)(H,74,75)(H,76,77)(H,78,79)/t50-,51-/m0/s1. The molecule has 0 aromatic heterocycles. The highest BCUT2D eigenvalue weighted by Gasteiger charge is 2.22. The molecule has 540 valence electrons. The van der Waals surface area contributed by atoms with Crippen molar-refractivity contribution in [2.75, 3.05) is 211 Å². The zero-order chi connectivity index (χ0) is 68.3. The van der Waals surface area contributed by atoms with Gasteiger partial charge in [0.05, 0.1) is 165 Å². The van der Waals surface area contributed by atoms with Crippen LogP contribution in [0.4, 0.5) is 0 Å². The van der Waals surface area contributed by atoms with Gasteiger partial charge < -0.3 is 114 Å². The minimum atomic E-state index is -1.31. The monoisotopic (exact) mass is 1340 g/mol. The van der Waals surface area contributed by atoms with Crippen LogP contribution in [0.5, 0.6) is 0 Å². The number of aliphatic carboxylic acids is 3. The van der Waals surface area contributed by atoms with Crippen LogP contribution < -0.4 is 31.9 Å². The highest BCUT2D eigenvalue weighted by Crippen LogP contribution is 2.11. The molecule has 0 saturated carbocycles. The number of Topliss-reactive ketones (excluding diaryl/α,β-unsaturated/α-hetero) is 1. The van der Waals surface area contributed by atoms with E-state index < -0.39 is 54.3 Å². The minimum absolute atomic E-state index is 0.0175. The van der Waals surface area contributed by atoms with Gasteiger partial charge >= 0.3 is 17.9 Å². The van der Waals surface area contributed by atoms with E-state index in [9.17, 15) is 58.2 Å². The largest absolute Gasteiger partial charge is 0.481 e. The maximum atomic E-state index is 12.3. The van der Waals surface area contributed by atoms with Gasteiger partial charge in [-0.15, -0.1) is 0 Å². The highest BCUT2D eigenvalue weighted by atomic mass is 16.6. The fourth-order valence-corrected chi connectivity index (χ4v) is 7.53. The second-order valence-corrected chi connectivity index (χ2v) is 20.5. The molecule has 0 unspecified atom stereocenters. The molecule has 0 rings (SSSR count). The zero-order valence-electron chi connectivity index (χ0n) is 54.5. The van der Waals surface area contributed by atoms with Crippen LogP contribution in [0.3, 0.4) is 0 Å². The van der Waals surface area contributed by atoms with E-state index in [1.807, 2.05) is 0 Å². The highest BCUT2D eigenvalue weighted by molar-refractivity contribution is 5.85. The SMILES string of the molecule is CC(=O)CCOCCOCCOCCOCCOCCOCCOCCOCCNC(=O)CC[C@H](NC(=O)COCCOCCNC(=O)COCCOCCNC(=O)COCCOCCNC(=O)CC[C@H](NC(=O)CCCCCCCCCCC(=O)O)C(=O)O)C(=O)O. The molecule has 33 heteroatoms. The summed E-state index contributed by atoms with van der Waals surface area (Å²) < 4.78 is 75.3. The fraction of sp³-hybridized carbons (Fsp3) is 0.833. The molecule has 0 aliphatic carbocycles. The van der Waals surface area contributed by atoms with Crippen molar-refractivity contribution in [1.82, 2.24) is 31.9 Å². The second kappa shape index (κ2) is 66.4. The third kappa shape index (κ3) is 66.2.